The van der Waals surface area contributed by atoms with Gasteiger partial charge in [0.05, 0.1) is 5.60 Å². The normalized spacial score (nSPS) is 24.3. The van der Waals surface area contributed by atoms with Crippen molar-refractivity contribution in [2.45, 2.75) is 78.2 Å². The maximum Gasteiger partial charge on any atom is 0.306 e. The fraction of sp³-hybridized carbons (Fsp3) is 0.667. The highest BCUT2D eigenvalue weighted by Gasteiger charge is 2.45. The van der Waals surface area contributed by atoms with Gasteiger partial charge in [-0.1, -0.05) is 51.1 Å². The highest BCUT2D eigenvalue weighted by molar-refractivity contribution is 6.48. The third-order valence-electron chi connectivity index (χ3n) is 5.44. The van der Waals surface area contributed by atoms with Crippen LogP contribution in [0.25, 0.3) is 0 Å². The Morgan fingerprint density at radius 1 is 1.16 bits per heavy atom. The topological polar surface area (TPSA) is 35.5 Å². The van der Waals surface area contributed by atoms with Gasteiger partial charge in [-0.05, 0) is 55.7 Å². The molecular formula is C21H34O3Si. The minimum atomic E-state index is -1.10. The molecule has 0 bridgehead atoms. The third kappa shape index (κ3) is 5.68. The van der Waals surface area contributed by atoms with E-state index in [2.05, 4.69) is 33.9 Å². The van der Waals surface area contributed by atoms with Crippen LogP contribution in [0.1, 0.15) is 58.4 Å². The molecule has 140 valence electrons. The van der Waals surface area contributed by atoms with Crippen molar-refractivity contribution in [1.29, 1.82) is 0 Å². The first-order chi connectivity index (χ1) is 11.7. The Labute approximate surface area is 154 Å². The summed E-state index contributed by atoms with van der Waals surface area (Å²) >= 11 is 0. The average Bonchev–Trinajstić information content (AvgIpc) is 2.54. The van der Waals surface area contributed by atoms with Crippen LogP contribution >= 0.6 is 0 Å². The molecule has 0 aromatic heterocycles. The second-order valence-corrected chi connectivity index (χ2v) is 11.0. The van der Waals surface area contributed by atoms with Crippen LogP contribution in [-0.4, -0.2) is 20.6 Å². The van der Waals surface area contributed by atoms with Gasteiger partial charge in [-0.15, -0.1) is 0 Å². The number of benzene rings is 1. The molecule has 1 aliphatic rings. The highest BCUT2D eigenvalue weighted by atomic mass is 28.3. The zero-order valence-electron chi connectivity index (χ0n) is 16.5. The molecular weight excluding hydrogens is 328 g/mol. The maximum absolute atomic E-state index is 12.2. The van der Waals surface area contributed by atoms with Crippen LogP contribution in [0.4, 0.5) is 0 Å². The van der Waals surface area contributed by atoms with Gasteiger partial charge in [0.1, 0.15) is 6.61 Å². The van der Waals surface area contributed by atoms with E-state index < -0.39 is 9.04 Å². The van der Waals surface area contributed by atoms with Crippen LogP contribution < -0.4 is 0 Å². The summed E-state index contributed by atoms with van der Waals surface area (Å²) in [6.07, 6.45) is 4.75. The molecule has 0 saturated heterocycles. The third-order valence-corrected chi connectivity index (χ3v) is 6.36. The van der Waals surface area contributed by atoms with Crippen LogP contribution in [0.5, 0.6) is 0 Å². The van der Waals surface area contributed by atoms with Gasteiger partial charge in [-0.2, -0.15) is 0 Å². The molecule has 1 saturated carbocycles. The first-order valence-electron chi connectivity index (χ1n) is 9.59. The zero-order chi connectivity index (χ0) is 18.5. The van der Waals surface area contributed by atoms with Crippen molar-refractivity contribution in [2.75, 3.05) is 0 Å². The second kappa shape index (κ2) is 8.50. The molecule has 0 atom stereocenters. The van der Waals surface area contributed by atoms with Crippen LogP contribution in [-0.2, 0) is 20.6 Å². The Bertz CT molecular complexity index is 540. The molecule has 25 heavy (non-hydrogen) atoms. The predicted octanol–water partition coefficient (Wildman–Crippen LogP) is 5.10. The lowest BCUT2D eigenvalue weighted by molar-refractivity contribution is -0.147. The summed E-state index contributed by atoms with van der Waals surface area (Å²) in [5.74, 6) is 0.354. The van der Waals surface area contributed by atoms with Crippen molar-refractivity contribution in [3.8, 4) is 0 Å². The van der Waals surface area contributed by atoms with Gasteiger partial charge >= 0.3 is 5.97 Å². The fourth-order valence-electron chi connectivity index (χ4n) is 3.88. The summed E-state index contributed by atoms with van der Waals surface area (Å²) in [4.78, 5) is 12.2. The van der Waals surface area contributed by atoms with Gasteiger partial charge in [0.15, 0.2) is 9.04 Å². The molecule has 0 heterocycles. The minimum absolute atomic E-state index is 0.0160. The lowest BCUT2D eigenvalue weighted by Gasteiger charge is -2.50. The van der Waals surface area contributed by atoms with E-state index in [1.807, 2.05) is 30.3 Å². The first-order valence-corrected chi connectivity index (χ1v) is 12.4. The van der Waals surface area contributed by atoms with Gasteiger partial charge in [0, 0.05) is 6.42 Å². The second-order valence-electron chi connectivity index (χ2n) is 8.70. The van der Waals surface area contributed by atoms with Crippen molar-refractivity contribution in [3.63, 3.8) is 0 Å². The Balaban J connectivity index is 1.83. The number of carbonyl (C=O) groups is 1. The van der Waals surface area contributed by atoms with Gasteiger partial charge < -0.3 is 9.16 Å². The molecule has 1 aromatic rings. The van der Waals surface area contributed by atoms with Crippen LogP contribution in [0.2, 0.25) is 13.1 Å². The highest BCUT2D eigenvalue weighted by Crippen LogP contribution is 2.47. The lowest BCUT2D eigenvalue weighted by Crippen LogP contribution is -2.50. The summed E-state index contributed by atoms with van der Waals surface area (Å²) in [6.45, 7) is 11.7. The molecule has 0 aliphatic heterocycles. The summed E-state index contributed by atoms with van der Waals surface area (Å²) in [5.41, 5.74) is 1.17. The lowest BCUT2D eigenvalue weighted by atomic mass is 9.65. The Kier molecular flexibility index (Phi) is 6.86. The summed E-state index contributed by atoms with van der Waals surface area (Å²) in [6, 6.07) is 9.87. The molecule has 0 amide bonds. The zero-order valence-corrected chi connectivity index (χ0v) is 17.7. The van der Waals surface area contributed by atoms with Gasteiger partial charge in [-0.25, -0.2) is 0 Å². The molecule has 0 unspecified atom stereocenters. The molecule has 0 spiro atoms. The van der Waals surface area contributed by atoms with E-state index in [1.165, 1.54) is 0 Å². The Morgan fingerprint density at radius 2 is 1.76 bits per heavy atom. The SMILES string of the molecule is C[SiH](C)O[C@]1(C(C)(C)C)CC[C@H](CC(=O)OCc2ccccc2)CC1. The number of ether oxygens (including phenoxy) is 1. The molecule has 0 N–H and O–H groups in total. The van der Waals surface area contributed by atoms with E-state index in [4.69, 9.17) is 9.16 Å². The monoisotopic (exact) mass is 362 g/mol. The molecule has 1 aromatic carbocycles. The maximum atomic E-state index is 12.2. The van der Waals surface area contributed by atoms with Crippen LogP contribution in [0, 0.1) is 11.3 Å². The fourth-order valence-corrected chi connectivity index (χ4v) is 5.37. The molecule has 1 aliphatic carbocycles. The first kappa shape index (κ1) is 20.2. The number of rotatable bonds is 6. The van der Waals surface area contributed by atoms with E-state index in [0.717, 1.165) is 31.2 Å². The van der Waals surface area contributed by atoms with Crippen molar-refractivity contribution in [3.05, 3.63) is 35.9 Å². The number of carbonyl (C=O) groups excluding carboxylic acids is 1. The smallest absolute Gasteiger partial charge is 0.306 e. The summed E-state index contributed by atoms with van der Waals surface area (Å²) in [7, 11) is -1.10. The average molecular weight is 363 g/mol. The number of esters is 1. The number of hydrogen-bond acceptors (Lipinski definition) is 3. The minimum Gasteiger partial charge on any atom is -0.461 e. The van der Waals surface area contributed by atoms with E-state index in [1.54, 1.807) is 0 Å². The van der Waals surface area contributed by atoms with E-state index in [0.29, 0.717) is 18.9 Å². The van der Waals surface area contributed by atoms with Crippen LogP contribution in [0.3, 0.4) is 0 Å². The molecule has 4 heteroatoms. The predicted molar refractivity (Wildman–Crippen MR) is 105 cm³/mol. The standard InChI is InChI=1S/C21H34O3Si/c1-20(2,3)21(24-25(4)5)13-11-17(12-14-21)15-19(22)23-16-18-9-7-6-8-10-18/h6-10,17,25H,11-16H2,1-5H3/t17-,21+. The van der Waals surface area contributed by atoms with Crippen molar-refractivity contribution in [1.82, 2.24) is 0 Å². The van der Waals surface area contributed by atoms with Crippen molar-refractivity contribution >= 4 is 15.0 Å². The van der Waals surface area contributed by atoms with Gasteiger partial charge in [0.2, 0.25) is 0 Å². The Morgan fingerprint density at radius 3 is 2.28 bits per heavy atom. The summed E-state index contributed by atoms with van der Waals surface area (Å²) in [5, 5.41) is 0. The molecule has 3 nitrogen and oxygen atoms in total. The van der Waals surface area contributed by atoms with Crippen LogP contribution in [0.15, 0.2) is 30.3 Å². The van der Waals surface area contributed by atoms with Crippen molar-refractivity contribution in [2.24, 2.45) is 11.3 Å². The van der Waals surface area contributed by atoms with Gasteiger partial charge in [0.25, 0.3) is 0 Å². The van der Waals surface area contributed by atoms with E-state index in [9.17, 15) is 4.79 Å². The molecule has 2 rings (SSSR count). The largest absolute Gasteiger partial charge is 0.461 e. The summed E-state index contributed by atoms with van der Waals surface area (Å²) < 4.78 is 12.0. The number of hydrogen-bond donors (Lipinski definition) is 0. The molecule has 0 radical (unpaired) electrons. The van der Waals surface area contributed by atoms with E-state index >= 15 is 0 Å². The Hall–Kier alpha value is -1.13. The molecule has 1 fully saturated rings. The van der Waals surface area contributed by atoms with Gasteiger partial charge in [-0.3, -0.25) is 4.79 Å². The van der Waals surface area contributed by atoms with Crippen molar-refractivity contribution < 1.29 is 14.0 Å². The van der Waals surface area contributed by atoms with E-state index in [-0.39, 0.29) is 17.0 Å². The quantitative estimate of drug-likeness (QED) is 0.522.